The van der Waals surface area contributed by atoms with Gasteiger partial charge in [0.1, 0.15) is 12.4 Å². The second-order valence-corrected chi connectivity index (χ2v) is 9.79. The molecule has 1 amide bonds. The summed E-state index contributed by atoms with van der Waals surface area (Å²) >= 11 is 0. The molecule has 3 aromatic rings. The van der Waals surface area contributed by atoms with E-state index in [4.69, 9.17) is 0 Å². The van der Waals surface area contributed by atoms with Crippen LogP contribution < -0.4 is 9.62 Å². The van der Waals surface area contributed by atoms with Crippen molar-refractivity contribution in [2.24, 2.45) is 0 Å². The summed E-state index contributed by atoms with van der Waals surface area (Å²) in [6.45, 7) is 7.07. The molecule has 7 heteroatoms. The number of hydrogen-bond acceptors (Lipinski definition) is 3. The van der Waals surface area contributed by atoms with Crippen LogP contribution in [0.15, 0.2) is 71.6 Å². The van der Waals surface area contributed by atoms with E-state index in [1.807, 2.05) is 45.9 Å². The van der Waals surface area contributed by atoms with Gasteiger partial charge in [-0.3, -0.25) is 9.10 Å². The van der Waals surface area contributed by atoms with E-state index >= 15 is 0 Å². The van der Waals surface area contributed by atoms with Crippen molar-refractivity contribution in [2.75, 3.05) is 10.8 Å². The molecule has 0 fully saturated rings. The molecule has 0 saturated heterocycles. The Labute approximate surface area is 188 Å². The van der Waals surface area contributed by atoms with Gasteiger partial charge in [0.15, 0.2) is 0 Å². The molecule has 1 unspecified atom stereocenters. The van der Waals surface area contributed by atoms with E-state index in [1.54, 1.807) is 12.1 Å². The van der Waals surface area contributed by atoms with Gasteiger partial charge < -0.3 is 5.32 Å². The molecule has 0 aliphatic carbocycles. The second-order valence-electron chi connectivity index (χ2n) is 7.93. The van der Waals surface area contributed by atoms with Crippen LogP contribution in [-0.4, -0.2) is 20.9 Å². The van der Waals surface area contributed by atoms with Crippen LogP contribution in [0.4, 0.5) is 10.1 Å². The summed E-state index contributed by atoms with van der Waals surface area (Å²) < 4.78 is 42.1. The molecule has 3 rings (SSSR count). The summed E-state index contributed by atoms with van der Waals surface area (Å²) in [5.74, 6) is -1.25. The fraction of sp³-hybridized carbons (Fsp3) is 0.240. The first-order valence-corrected chi connectivity index (χ1v) is 11.7. The Kier molecular flexibility index (Phi) is 6.99. The van der Waals surface area contributed by atoms with Gasteiger partial charge in [-0.05, 0) is 63.1 Å². The maximum Gasteiger partial charge on any atom is 0.264 e. The second kappa shape index (κ2) is 9.53. The van der Waals surface area contributed by atoms with Gasteiger partial charge >= 0.3 is 0 Å². The lowest BCUT2D eigenvalue weighted by molar-refractivity contribution is -0.120. The summed E-state index contributed by atoms with van der Waals surface area (Å²) in [6.07, 6.45) is 0. The number of sulfonamides is 1. The van der Waals surface area contributed by atoms with Gasteiger partial charge in [0, 0.05) is 0 Å². The van der Waals surface area contributed by atoms with Crippen LogP contribution >= 0.6 is 0 Å². The zero-order chi connectivity index (χ0) is 23.5. The Morgan fingerprint density at radius 3 is 2.22 bits per heavy atom. The minimum Gasteiger partial charge on any atom is -0.348 e. The minimum absolute atomic E-state index is 0.0124. The molecular weight excluding hydrogens is 427 g/mol. The number of carbonyl (C=O) groups is 1. The molecule has 1 atom stereocenters. The van der Waals surface area contributed by atoms with E-state index < -0.39 is 28.3 Å². The molecule has 3 aromatic carbocycles. The smallest absolute Gasteiger partial charge is 0.264 e. The first-order chi connectivity index (χ1) is 15.1. The van der Waals surface area contributed by atoms with Crippen molar-refractivity contribution < 1.29 is 17.6 Å². The lowest BCUT2D eigenvalue weighted by Crippen LogP contribution is -2.42. The maximum absolute atomic E-state index is 14.6. The fourth-order valence-corrected chi connectivity index (χ4v) is 5.03. The topological polar surface area (TPSA) is 66.5 Å². The standard InChI is InChI=1S/C25H27FN2O3S/c1-17-9-12-21(13-10-17)32(30,31)28(24-8-6-5-7-23(24)26)16-25(29)27-20(4)22-14-11-18(2)15-19(22)3/h5-15,20H,16H2,1-4H3,(H,27,29). The number of aryl methyl sites for hydroxylation is 3. The molecule has 0 aromatic heterocycles. The van der Waals surface area contributed by atoms with Crippen molar-refractivity contribution in [1.82, 2.24) is 5.32 Å². The van der Waals surface area contributed by atoms with Gasteiger partial charge in [0.05, 0.1) is 16.6 Å². The number of nitrogens with zero attached hydrogens (tertiary/aromatic N) is 1. The van der Waals surface area contributed by atoms with Crippen molar-refractivity contribution in [3.05, 3.63) is 94.8 Å². The molecule has 0 saturated carbocycles. The van der Waals surface area contributed by atoms with Crippen LogP contribution in [0, 0.1) is 26.6 Å². The maximum atomic E-state index is 14.6. The van der Waals surface area contributed by atoms with Gasteiger partial charge in [-0.2, -0.15) is 0 Å². The van der Waals surface area contributed by atoms with Gasteiger partial charge in [-0.1, -0.05) is 53.6 Å². The van der Waals surface area contributed by atoms with Crippen molar-refractivity contribution >= 4 is 21.6 Å². The highest BCUT2D eigenvalue weighted by molar-refractivity contribution is 7.92. The van der Waals surface area contributed by atoms with E-state index in [9.17, 15) is 17.6 Å². The van der Waals surface area contributed by atoms with Crippen LogP contribution in [0.5, 0.6) is 0 Å². The largest absolute Gasteiger partial charge is 0.348 e. The number of para-hydroxylation sites is 1. The molecule has 0 heterocycles. The summed E-state index contributed by atoms with van der Waals surface area (Å²) in [7, 11) is -4.17. The molecule has 0 bridgehead atoms. The predicted molar refractivity (Wildman–Crippen MR) is 125 cm³/mol. The molecule has 0 aliphatic heterocycles. The number of hydrogen-bond donors (Lipinski definition) is 1. The Hall–Kier alpha value is -3.19. The fourth-order valence-electron chi connectivity index (χ4n) is 3.60. The number of carbonyl (C=O) groups excluding carboxylic acids is 1. The summed E-state index contributed by atoms with van der Waals surface area (Å²) in [6, 6.07) is 17.3. The van der Waals surface area contributed by atoms with Crippen LogP contribution in [0.2, 0.25) is 0 Å². The van der Waals surface area contributed by atoms with Crippen molar-refractivity contribution in [3.8, 4) is 0 Å². The summed E-state index contributed by atoms with van der Waals surface area (Å²) in [5, 5.41) is 2.84. The molecule has 0 radical (unpaired) electrons. The van der Waals surface area contributed by atoms with Gasteiger partial charge in [-0.25, -0.2) is 12.8 Å². The van der Waals surface area contributed by atoms with Crippen LogP contribution in [0.1, 0.15) is 35.2 Å². The van der Waals surface area contributed by atoms with Gasteiger partial charge in [-0.15, -0.1) is 0 Å². The molecule has 0 spiro atoms. The highest BCUT2D eigenvalue weighted by Crippen LogP contribution is 2.26. The number of halogens is 1. The molecule has 5 nitrogen and oxygen atoms in total. The zero-order valence-electron chi connectivity index (χ0n) is 18.6. The molecular formula is C25H27FN2O3S. The Balaban J connectivity index is 1.91. The van der Waals surface area contributed by atoms with E-state index in [-0.39, 0.29) is 16.6 Å². The zero-order valence-corrected chi connectivity index (χ0v) is 19.4. The highest BCUT2D eigenvalue weighted by Gasteiger charge is 2.29. The highest BCUT2D eigenvalue weighted by atomic mass is 32.2. The SMILES string of the molecule is Cc1ccc(S(=O)(=O)N(CC(=O)NC(C)c2ccc(C)cc2C)c2ccccc2F)cc1. The third-order valence-corrected chi connectivity index (χ3v) is 7.06. The van der Waals surface area contributed by atoms with Crippen molar-refractivity contribution in [3.63, 3.8) is 0 Å². The molecule has 32 heavy (non-hydrogen) atoms. The predicted octanol–water partition coefficient (Wildman–Crippen LogP) is 4.82. The Morgan fingerprint density at radius 1 is 0.969 bits per heavy atom. The summed E-state index contributed by atoms with van der Waals surface area (Å²) in [4.78, 5) is 12.9. The first kappa shape index (κ1) is 23.5. The molecule has 1 N–H and O–H groups in total. The quantitative estimate of drug-likeness (QED) is 0.556. The normalized spacial score (nSPS) is 12.3. The van der Waals surface area contributed by atoms with Gasteiger partial charge in [0.25, 0.3) is 10.0 Å². The monoisotopic (exact) mass is 454 g/mol. The van der Waals surface area contributed by atoms with E-state index in [0.717, 1.165) is 26.6 Å². The average Bonchev–Trinajstić information content (AvgIpc) is 2.72. The van der Waals surface area contributed by atoms with Crippen molar-refractivity contribution in [1.29, 1.82) is 0 Å². The van der Waals surface area contributed by atoms with Gasteiger partial charge in [0.2, 0.25) is 5.91 Å². The van der Waals surface area contributed by atoms with Crippen molar-refractivity contribution in [2.45, 2.75) is 38.6 Å². The number of benzene rings is 3. The van der Waals surface area contributed by atoms with Crippen LogP contribution in [0.25, 0.3) is 0 Å². The van der Waals surface area contributed by atoms with E-state index in [1.165, 1.54) is 36.4 Å². The van der Waals surface area contributed by atoms with Crippen LogP contribution in [-0.2, 0) is 14.8 Å². The lowest BCUT2D eigenvalue weighted by atomic mass is 10.0. The minimum atomic E-state index is -4.17. The Bertz CT molecular complexity index is 1220. The average molecular weight is 455 g/mol. The van der Waals surface area contributed by atoms with E-state index in [2.05, 4.69) is 5.32 Å². The van der Waals surface area contributed by atoms with E-state index in [0.29, 0.717) is 0 Å². The third kappa shape index (κ3) is 5.16. The third-order valence-electron chi connectivity index (χ3n) is 5.29. The number of nitrogens with one attached hydrogen (secondary N) is 1. The molecule has 0 aliphatic rings. The number of anilines is 1. The lowest BCUT2D eigenvalue weighted by Gasteiger charge is -2.25. The number of amides is 1. The van der Waals surface area contributed by atoms with Crippen LogP contribution in [0.3, 0.4) is 0 Å². The summed E-state index contributed by atoms with van der Waals surface area (Å²) in [5.41, 5.74) is 3.78. The number of rotatable bonds is 7. The first-order valence-electron chi connectivity index (χ1n) is 10.3. The molecule has 168 valence electrons. The Morgan fingerprint density at radius 2 is 1.59 bits per heavy atom.